The standard InChI is InChI=1S/C13H11F2N3O2/c1-6-16-10-3-9(15)8(14)2-7(10)5-18(6)11-4-12(19)17-13(11)20/h2-3,11H,4-5H2,1H3,(H,17,19,20). The van der Waals surface area contributed by atoms with Gasteiger partial charge in [-0.15, -0.1) is 0 Å². The summed E-state index contributed by atoms with van der Waals surface area (Å²) in [5, 5.41) is 2.22. The predicted octanol–water partition coefficient (Wildman–Crippen LogP) is 1.25. The molecular formula is C13H11F2N3O2. The molecule has 1 saturated heterocycles. The molecule has 0 aromatic heterocycles. The normalized spacial score (nSPS) is 21.6. The molecule has 2 amide bonds. The first-order chi connectivity index (χ1) is 9.45. The molecule has 2 aliphatic rings. The van der Waals surface area contributed by atoms with Crippen molar-refractivity contribution in [1.82, 2.24) is 10.2 Å². The maximum Gasteiger partial charge on any atom is 0.249 e. The molecule has 5 nitrogen and oxygen atoms in total. The Balaban J connectivity index is 1.96. The molecule has 2 aliphatic heterocycles. The summed E-state index contributed by atoms with van der Waals surface area (Å²) in [5.74, 6) is -2.15. The van der Waals surface area contributed by atoms with Gasteiger partial charge >= 0.3 is 0 Å². The van der Waals surface area contributed by atoms with Gasteiger partial charge in [-0.2, -0.15) is 0 Å². The molecule has 0 spiro atoms. The van der Waals surface area contributed by atoms with E-state index >= 15 is 0 Å². The fourth-order valence-electron chi connectivity index (χ4n) is 2.47. The third kappa shape index (κ3) is 1.95. The van der Waals surface area contributed by atoms with Crippen LogP contribution < -0.4 is 5.32 Å². The molecule has 0 aliphatic carbocycles. The molecule has 1 aromatic carbocycles. The zero-order chi connectivity index (χ0) is 14.4. The number of imide groups is 1. The number of amides is 2. The van der Waals surface area contributed by atoms with Crippen LogP contribution in [-0.4, -0.2) is 28.6 Å². The van der Waals surface area contributed by atoms with Crippen molar-refractivity contribution in [1.29, 1.82) is 0 Å². The molecule has 104 valence electrons. The summed E-state index contributed by atoms with van der Waals surface area (Å²) in [6.07, 6.45) is 0.0463. The van der Waals surface area contributed by atoms with Gasteiger partial charge < -0.3 is 4.90 Å². The minimum Gasteiger partial charge on any atom is -0.343 e. The number of fused-ring (bicyclic) bond motifs is 1. The van der Waals surface area contributed by atoms with E-state index in [2.05, 4.69) is 10.3 Å². The molecule has 1 aromatic rings. The smallest absolute Gasteiger partial charge is 0.249 e. The molecule has 3 rings (SSSR count). The summed E-state index contributed by atoms with van der Waals surface area (Å²) < 4.78 is 26.4. The molecule has 7 heteroatoms. The largest absolute Gasteiger partial charge is 0.343 e. The van der Waals surface area contributed by atoms with Gasteiger partial charge in [-0.05, 0) is 13.0 Å². The van der Waals surface area contributed by atoms with Gasteiger partial charge in [0.2, 0.25) is 11.8 Å². The molecular weight excluding hydrogens is 268 g/mol. The third-order valence-electron chi connectivity index (χ3n) is 3.48. The Hall–Kier alpha value is -2.31. The number of hydrogen-bond donors (Lipinski definition) is 1. The van der Waals surface area contributed by atoms with Crippen LogP contribution in [0.1, 0.15) is 18.9 Å². The Bertz CT molecular complexity index is 657. The third-order valence-corrected chi connectivity index (χ3v) is 3.48. The second-order valence-corrected chi connectivity index (χ2v) is 4.81. The number of hydrogen-bond acceptors (Lipinski definition) is 4. The van der Waals surface area contributed by atoms with Gasteiger partial charge in [0.05, 0.1) is 12.1 Å². The summed E-state index contributed by atoms with van der Waals surface area (Å²) in [4.78, 5) is 28.8. The molecule has 1 atom stereocenters. The summed E-state index contributed by atoms with van der Waals surface area (Å²) in [7, 11) is 0. The number of halogens is 2. The lowest BCUT2D eigenvalue weighted by atomic mass is 10.1. The summed E-state index contributed by atoms with van der Waals surface area (Å²) in [5.41, 5.74) is 0.837. The lowest BCUT2D eigenvalue weighted by Crippen LogP contribution is -2.44. The Labute approximate surface area is 113 Å². The average molecular weight is 279 g/mol. The maximum atomic E-state index is 13.3. The Morgan fingerprint density at radius 3 is 2.65 bits per heavy atom. The molecule has 1 unspecified atom stereocenters. The Morgan fingerprint density at radius 1 is 1.30 bits per heavy atom. The second kappa shape index (κ2) is 4.36. The van der Waals surface area contributed by atoms with E-state index in [9.17, 15) is 18.4 Å². The number of carbonyl (C=O) groups is 2. The van der Waals surface area contributed by atoms with Crippen LogP contribution in [0.4, 0.5) is 14.5 Å². The van der Waals surface area contributed by atoms with Gasteiger partial charge in [0.25, 0.3) is 0 Å². The Morgan fingerprint density at radius 2 is 2.00 bits per heavy atom. The van der Waals surface area contributed by atoms with Crippen LogP contribution >= 0.6 is 0 Å². The molecule has 0 saturated carbocycles. The van der Waals surface area contributed by atoms with E-state index in [1.165, 1.54) is 0 Å². The topological polar surface area (TPSA) is 61.8 Å². The minimum absolute atomic E-state index is 0.0463. The predicted molar refractivity (Wildman–Crippen MR) is 66.2 cm³/mol. The van der Waals surface area contributed by atoms with E-state index in [1.807, 2.05) is 0 Å². The van der Waals surface area contributed by atoms with Crippen LogP contribution in [0.3, 0.4) is 0 Å². The molecule has 20 heavy (non-hydrogen) atoms. The van der Waals surface area contributed by atoms with Crippen LogP contribution in [0.15, 0.2) is 17.1 Å². The molecule has 1 fully saturated rings. The van der Waals surface area contributed by atoms with E-state index < -0.39 is 23.6 Å². The first kappa shape index (κ1) is 12.7. The average Bonchev–Trinajstić information content (AvgIpc) is 2.70. The van der Waals surface area contributed by atoms with E-state index in [1.54, 1.807) is 11.8 Å². The van der Waals surface area contributed by atoms with Gasteiger partial charge in [0.15, 0.2) is 11.6 Å². The van der Waals surface area contributed by atoms with Crippen molar-refractivity contribution in [2.45, 2.75) is 25.9 Å². The first-order valence-corrected chi connectivity index (χ1v) is 6.09. The van der Waals surface area contributed by atoms with Gasteiger partial charge in [-0.1, -0.05) is 0 Å². The summed E-state index contributed by atoms with van der Waals surface area (Å²) in [6.45, 7) is 1.88. The summed E-state index contributed by atoms with van der Waals surface area (Å²) in [6, 6.07) is 1.46. The second-order valence-electron chi connectivity index (χ2n) is 4.81. The summed E-state index contributed by atoms with van der Waals surface area (Å²) >= 11 is 0. The van der Waals surface area contributed by atoms with Crippen molar-refractivity contribution in [3.05, 3.63) is 29.3 Å². The maximum absolute atomic E-state index is 13.3. The monoisotopic (exact) mass is 279 g/mol. The molecule has 0 bridgehead atoms. The van der Waals surface area contributed by atoms with E-state index in [-0.39, 0.29) is 18.9 Å². The highest BCUT2D eigenvalue weighted by Gasteiger charge is 2.37. The SMILES string of the molecule is CC1=Nc2cc(F)c(F)cc2CN1C1CC(=O)NC1=O. The number of carbonyl (C=O) groups excluding carboxylic acids is 2. The highest BCUT2D eigenvalue weighted by molar-refractivity contribution is 6.07. The van der Waals surface area contributed by atoms with Crippen LogP contribution in [0.5, 0.6) is 0 Å². The molecule has 2 heterocycles. The van der Waals surface area contributed by atoms with Crippen molar-refractivity contribution in [2.75, 3.05) is 0 Å². The van der Waals surface area contributed by atoms with Crippen LogP contribution in [-0.2, 0) is 16.1 Å². The number of amidine groups is 1. The number of nitrogens with zero attached hydrogens (tertiary/aromatic N) is 2. The van der Waals surface area contributed by atoms with Gasteiger partial charge in [0.1, 0.15) is 11.9 Å². The lowest BCUT2D eigenvalue weighted by Gasteiger charge is -2.32. The van der Waals surface area contributed by atoms with Crippen molar-refractivity contribution in [3.63, 3.8) is 0 Å². The zero-order valence-electron chi connectivity index (χ0n) is 10.6. The molecule has 1 N–H and O–H groups in total. The van der Waals surface area contributed by atoms with E-state index in [4.69, 9.17) is 0 Å². The van der Waals surface area contributed by atoms with Crippen LogP contribution in [0.25, 0.3) is 0 Å². The van der Waals surface area contributed by atoms with Crippen molar-refractivity contribution < 1.29 is 18.4 Å². The lowest BCUT2D eigenvalue weighted by molar-refractivity contribution is -0.125. The highest BCUT2D eigenvalue weighted by Crippen LogP contribution is 2.30. The molecule has 0 radical (unpaired) electrons. The van der Waals surface area contributed by atoms with Crippen LogP contribution in [0, 0.1) is 11.6 Å². The van der Waals surface area contributed by atoms with Crippen molar-refractivity contribution >= 4 is 23.3 Å². The quantitative estimate of drug-likeness (QED) is 0.787. The zero-order valence-corrected chi connectivity index (χ0v) is 10.6. The van der Waals surface area contributed by atoms with E-state index in [0.717, 1.165) is 12.1 Å². The minimum atomic E-state index is -0.956. The Kier molecular flexibility index (Phi) is 2.77. The number of rotatable bonds is 1. The van der Waals surface area contributed by atoms with E-state index in [0.29, 0.717) is 17.1 Å². The van der Waals surface area contributed by atoms with Crippen molar-refractivity contribution in [3.8, 4) is 0 Å². The highest BCUT2D eigenvalue weighted by atomic mass is 19.2. The van der Waals surface area contributed by atoms with Gasteiger partial charge in [-0.3, -0.25) is 14.9 Å². The van der Waals surface area contributed by atoms with Gasteiger partial charge in [-0.25, -0.2) is 13.8 Å². The number of nitrogens with one attached hydrogen (secondary N) is 1. The van der Waals surface area contributed by atoms with Crippen LogP contribution in [0.2, 0.25) is 0 Å². The first-order valence-electron chi connectivity index (χ1n) is 6.09. The number of aliphatic imine (C=N–C) groups is 1. The fourth-order valence-corrected chi connectivity index (χ4v) is 2.47. The van der Waals surface area contributed by atoms with Gasteiger partial charge in [0, 0.05) is 18.2 Å². The number of benzene rings is 1. The van der Waals surface area contributed by atoms with Crippen molar-refractivity contribution in [2.24, 2.45) is 4.99 Å². The fraction of sp³-hybridized carbons (Fsp3) is 0.308.